The molecule has 96 valence electrons. The van der Waals surface area contributed by atoms with Gasteiger partial charge in [0, 0.05) is 5.56 Å². The standard InChI is InChI=1S/C9H11Cl3N2O3/c1-3-6-5(2)14-17-7(6)13-8(15)16-4-9(10,11)12/h3-4H2,1-2H3,(H,13,15). The molecule has 8 heteroatoms. The number of nitrogens with one attached hydrogen (secondary N) is 1. The maximum Gasteiger partial charge on any atom is 0.414 e. The van der Waals surface area contributed by atoms with Crippen molar-refractivity contribution in [3.05, 3.63) is 11.3 Å². The van der Waals surface area contributed by atoms with E-state index in [0.717, 1.165) is 5.56 Å². The van der Waals surface area contributed by atoms with E-state index in [9.17, 15) is 4.79 Å². The number of hydrogen-bond donors (Lipinski definition) is 1. The van der Waals surface area contributed by atoms with Crippen molar-refractivity contribution in [3.63, 3.8) is 0 Å². The molecule has 1 rings (SSSR count). The smallest absolute Gasteiger partial charge is 0.414 e. The number of alkyl halides is 3. The summed E-state index contributed by atoms with van der Waals surface area (Å²) in [6, 6.07) is 0. The highest BCUT2D eigenvalue weighted by Gasteiger charge is 2.23. The zero-order valence-corrected chi connectivity index (χ0v) is 11.5. The Kier molecular flexibility index (Phi) is 4.91. The lowest BCUT2D eigenvalue weighted by molar-refractivity contribution is 0.163. The zero-order valence-electron chi connectivity index (χ0n) is 9.22. The second-order valence-corrected chi connectivity index (χ2v) is 5.76. The first-order valence-electron chi connectivity index (χ1n) is 4.79. The lowest BCUT2D eigenvalue weighted by Gasteiger charge is -2.11. The predicted octanol–water partition coefficient (Wildman–Crippen LogP) is 3.46. The summed E-state index contributed by atoms with van der Waals surface area (Å²) in [5.74, 6) is 0.249. The van der Waals surface area contributed by atoms with Crippen LogP contribution in [-0.2, 0) is 11.2 Å². The van der Waals surface area contributed by atoms with Crippen molar-refractivity contribution in [3.8, 4) is 0 Å². The van der Waals surface area contributed by atoms with Crippen molar-refractivity contribution in [1.29, 1.82) is 0 Å². The topological polar surface area (TPSA) is 64.4 Å². The summed E-state index contributed by atoms with van der Waals surface area (Å²) >= 11 is 16.3. The molecule has 1 aromatic rings. The molecule has 0 unspecified atom stereocenters. The molecule has 17 heavy (non-hydrogen) atoms. The fourth-order valence-electron chi connectivity index (χ4n) is 1.18. The van der Waals surface area contributed by atoms with Gasteiger partial charge in [-0.3, -0.25) is 5.32 Å². The number of carbonyl (C=O) groups is 1. The lowest BCUT2D eigenvalue weighted by atomic mass is 10.2. The van der Waals surface area contributed by atoms with Crippen LogP contribution < -0.4 is 5.32 Å². The van der Waals surface area contributed by atoms with Crippen LogP contribution in [0.1, 0.15) is 18.2 Å². The largest absolute Gasteiger partial charge is 0.445 e. The first-order chi connectivity index (χ1) is 7.83. The molecule has 0 aliphatic heterocycles. The van der Waals surface area contributed by atoms with Crippen molar-refractivity contribution >= 4 is 46.8 Å². The van der Waals surface area contributed by atoms with Gasteiger partial charge in [0.25, 0.3) is 0 Å². The Morgan fingerprint density at radius 1 is 1.53 bits per heavy atom. The Balaban J connectivity index is 2.56. The van der Waals surface area contributed by atoms with E-state index < -0.39 is 9.89 Å². The average Bonchev–Trinajstić information content (AvgIpc) is 2.55. The maximum absolute atomic E-state index is 11.3. The van der Waals surface area contributed by atoms with Gasteiger partial charge in [0.1, 0.15) is 6.61 Å². The maximum atomic E-state index is 11.3. The number of rotatable bonds is 3. The third-order valence-electron chi connectivity index (χ3n) is 1.92. The highest BCUT2D eigenvalue weighted by atomic mass is 35.6. The first kappa shape index (κ1) is 14.4. The van der Waals surface area contributed by atoms with Crippen LogP contribution in [0.25, 0.3) is 0 Å². The first-order valence-corrected chi connectivity index (χ1v) is 5.92. The van der Waals surface area contributed by atoms with E-state index in [4.69, 9.17) is 39.3 Å². The van der Waals surface area contributed by atoms with Gasteiger partial charge in [-0.15, -0.1) is 0 Å². The molecule has 0 fully saturated rings. The molecule has 1 heterocycles. The SMILES string of the molecule is CCc1c(C)noc1NC(=O)OCC(Cl)(Cl)Cl. The van der Waals surface area contributed by atoms with E-state index in [1.807, 2.05) is 6.92 Å². The number of nitrogens with zero attached hydrogens (tertiary/aromatic N) is 1. The normalized spacial score (nSPS) is 11.4. The molecule has 0 saturated heterocycles. The van der Waals surface area contributed by atoms with Crippen LogP contribution in [0.2, 0.25) is 0 Å². The minimum absolute atomic E-state index is 0.249. The van der Waals surface area contributed by atoms with Crippen LogP contribution in [0.4, 0.5) is 10.7 Å². The fourth-order valence-corrected chi connectivity index (χ4v) is 1.34. The van der Waals surface area contributed by atoms with E-state index in [1.54, 1.807) is 6.92 Å². The van der Waals surface area contributed by atoms with E-state index in [2.05, 4.69) is 15.2 Å². The van der Waals surface area contributed by atoms with E-state index in [-0.39, 0.29) is 12.5 Å². The molecule has 0 saturated carbocycles. The third-order valence-corrected chi connectivity index (χ3v) is 2.25. The van der Waals surface area contributed by atoms with Crippen LogP contribution in [0.15, 0.2) is 4.52 Å². The zero-order chi connectivity index (χ0) is 13.1. The van der Waals surface area contributed by atoms with Gasteiger partial charge in [-0.25, -0.2) is 4.79 Å². The van der Waals surface area contributed by atoms with E-state index in [1.165, 1.54) is 0 Å². The van der Waals surface area contributed by atoms with Gasteiger partial charge in [-0.1, -0.05) is 46.9 Å². The summed E-state index contributed by atoms with van der Waals surface area (Å²) in [5, 5.41) is 6.11. The summed E-state index contributed by atoms with van der Waals surface area (Å²) < 4.78 is 7.98. The van der Waals surface area contributed by atoms with Crippen molar-refractivity contribution in [2.24, 2.45) is 0 Å². The van der Waals surface area contributed by atoms with Crippen LogP contribution in [0, 0.1) is 6.92 Å². The van der Waals surface area contributed by atoms with Crippen LogP contribution in [0.3, 0.4) is 0 Å². The number of halogens is 3. The van der Waals surface area contributed by atoms with Gasteiger partial charge >= 0.3 is 6.09 Å². The third kappa shape index (κ3) is 4.61. The molecule has 1 aromatic heterocycles. The fraction of sp³-hybridized carbons (Fsp3) is 0.556. The molecule has 0 aliphatic carbocycles. The van der Waals surface area contributed by atoms with Crippen molar-refractivity contribution in [2.75, 3.05) is 11.9 Å². The summed E-state index contributed by atoms with van der Waals surface area (Å²) in [4.78, 5) is 11.3. The van der Waals surface area contributed by atoms with Crippen LogP contribution >= 0.6 is 34.8 Å². The minimum Gasteiger partial charge on any atom is -0.445 e. The van der Waals surface area contributed by atoms with Crippen LogP contribution in [-0.4, -0.2) is 21.6 Å². The molecule has 0 spiro atoms. The molecule has 0 radical (unpaired) electrons. The van der Waals surface area contributed by atoms with Gasteiger partial charge in [0.2, 0.25) is 9.68 Å². The molecule has 1 amide bonds. The highest BCUT2D eigenvalue weighted by molar-refractivity contribution is 6.67. The molecule has 0 aliphatic rings. The Bertz CT molecular complexity index is 401. The number of hydrogen-bond acceptors (Lipinski definition) is 4. The number of anilines is 1. The van der Waals surface area contributed by atoms with Crippen molar-refractivity contribution in [2.45, 2.75) is 24.1 Å². The summed E-state index contributed by atoms with van der Waals surface area (Å²) in [5.41, 5.74) is 1.51. The van der Waals surface area contributed by atoms with E-state index in [0.29, 0.717) is 12.1 Å². The van der Waals surface area contributed by atoms with E-state index >= 15 is 0 Å². The molecular weight excluding hydrogens is 290 g/mol. The Morgan fingerprint density at radius 2 is 2.18 bits per heavy atom. The Morgan fingerprint density at radius 3 is 2.71 bits per heavy atom. The van der Waals surface area contributed by atoms with Crippen molar-refractivity contribution < 1.29 is 14.1 Å². The molecule has 0 bridgehead atoms. The summed E-state index contributed by atoms with van der Waals surface area (Å²) in [6.45, 7) is 3.34. The van der Waals surface area contributed by atoms with Gasteiger partial charge in [0.15, 0.2) is 0 Å². The molecule has 0 atom stereocenters. The molecule has 1 N–H and O–H groups in total. The highest BCUT2D eigenvalue weighted by Crippen LogP contribution is 2.26. The molecule has 5 nitrogen and oxygen atoms in total. The van der Waals surface area contributed by atoms with Crippen LogP contribution in [0.5, 0.6) is 0 Å². The molecule has 0 aromatic carbocycles. The lowest BCUT2D eigenvalue weighted by Crippen LogP contribution is -2.21. The number of amides is 1. The average molecular weight is 302 g/mol. The van der Waals surface area contributed by atoms with Gasteiger partial charge in [-0.05, 0) is 13.3 Å². The monoisotopic (exact) mass is 300 g/mol. The number of aromatic nitrogens is 1. The molecular formula is C9H11Cl3N2O3. The summed E-state index contributed by atoms with van der Waals surface area (Å²) in [7, 11) is 0. The number of carbonyl (C=O) groups excluding carboxylic acids is 1. The predicted molar refractivity (Wildman–Crippen MR) is 65.9 cm³/mol. The van der Waals surface area contributed by atoms with Gasteiger partial charge < -0.3 is 9.26 Å². The Hall–Kier alpha value is -0.650. The number of ether oxygens (including phenoxy) is 1. The Labute approximate surface area is 113 Å². The quantitative estimate of drug-likeness (QED) is 0.868. The summed E-state index contributed by atoms with van der Waals surface area (Å²) in [6.07, 6.45) is -0.0859. The second-order valence-electron chi connectivity index (χ2n) is 3.25. The minimum atomic E-state index is -1.64. The number of aryl methyl sites for hydroxylation is 1. The second kappa shape index (κ2) is 5.80. The van der Waals surface area contributed by atoms with Gasteiger partial charge in [0.05, 0.1) is 5.69 Å². The van der Waals surface area contributed by atoms with Crippen molar-refractivity contribution in [1.82, 2.24) is 5.16 Å². The van der Waals surface area contributed by atoms with Gasteiger partial charge in [-0.2, -0.15) is 0 Å².